The van der Waals surface area contributed by atoms with Gasteiger partial charge in [-0.2, -0.15) is 0 Å². The van der Waals surface area contributed by atoms with Crippen molar-refractivity contribution >= 4 is 28.4 Å². The van der Waals surface area contributed by atoms with Gasteiger partial charge in [-0.1, -0.05) is 48.5 Å². The van der Waals surface area contributed by atoms with Crippen LogP contribution in [0, 0.1) is 0 Å². The normalized spacial score (nSPS) is 21.7. The maximum Gasteiger partial charge on any atom is 0.251 e. The number of carbonyl (C=O) groups is 2. The number of aromatic amines is 1. The topological polar surface area (TPSA) is 74.9 Å². The molecular formula is C28H23N3O4. The minimum absolute atomic E-state index is 0.0959. The second kappa shape index (κ2) is 7.71. The van der Waals surface area contributed by atoms with E-state index in [1.807, 2.05) is 12.1 Å². The number of imide groups is 1. The summed E-state index contributed by atoms with van der Waals surface area (Å²) in [4.78, 5) is 33.7. The zero-order valence-electron chi connectivity index (χ0n) is 18.9. The Bertz CT molecular complexity index is 1480. The van der Waals surface area contributed by atoms with E-state index in [0.29, 0.717) is 30.3 Å². The Morgan fingerprint density at radius 3 is 2.57 bits per heavy atom. The fourth-order valence-electron chi connectivity index (χ4n) is 5.73. The molecule has 0 radical (unpaired) electrons. The van der Waals surface area contributed by atoms with Gasteiger partial charge in [-0.25, -0.2) is 4.90 Å². The van der Waals surface area contributed by atoms with Gasteiger partial charge in [0.2, 0.25) is 12.7 Å². The van der Waals surface area contributed by atoms with Crippen LogP contribution in [0.5, 0.6) is 11.5 Å². The summed E-state index contributed by atoms with van der Waals surface area (Å²) in [5, 5.41) is 1.21. The first-order chi connectivity index (χ1) is 17.2. The van der Waals surface area contributed by atoms with Crippen LogP contribution in [0.15, 0.2) is 72.8 Å². The summed E-state index contributed by atoms with van der Waals surface area (Å²) in [6, 6.07) is 23.4. The summed E-state index contributed by atoms with van der Waals surface area (Å²) < 4.78 is 10.8. The highest BCUT2D eigenvalue weighted by molar-refractivity contribution is 6.22. The summed E-state index contributed by atoms with van der Waals surface area (Å²) in [7, 11) is 0. The molecule has 3 aliphatic rings. The first kappa shape index (κ1) is 20.3. The predicted molar refractivity (Wildman–Crippen MR) is 130 cm³/mol. The number of aromatic nitrogens is 1. The molecule has 4 aromatic rings. The van der Waals surface area contributed by atoms with E-state index in [1.54, 1.807) is 18.2 Å². The smallest absolute Gasteiger partial charge is 0.251 e. The third kappa shape index (κ3) is 3.15. The largest absolute Gasteiger partial charge is 0.454 e. The Kier molecular flexibility index (Phi) is 4.47. The van der Waals surface area contributed by atoms with Gasteiger partial charge in [0.1, 0.15) is 0 Å². The molecule has 7 heteroatoms. The molecule has 174 valence electrons. The number of H-pyrrole nitrogens is 1. The zero-order chi connectivity index (χ0) is 23.5. The van der Waals surface area contributed by atoms with Crippen LogP contribution >= 0.6 is 0 Å². The lowest BCUT2D eigenvalue weighted by molar-refractivity contribution is -0.123. The lowest BCUT2D eigenvalue weighted by Crippen LogP contribution is -2.45. The van der Waals surface area contributed by atoms with Crippen molar-refractivity contribution < 1.29 is 19.1 Å². The Morgan fingerprint density at radius 2 is 1.69 bits per heavy atom. The molecule has 2 atom stereocenters. The molecule has 0 unspecified atom stereocenters. The van der Waals surface area contributed by atoms with Gasteiger partial charge < -0.3 is 14.5 Å². The number of carbonyl (C=O) groups excluding carboxylic acids is 2. The first-order valence-corrected chi connectivity index (χ1v) is 11.8. The number of nitrogens with one attached hydrogen (secondary N) is 1. The van der Waals surface area contributed by atoms with E-state index in [2.05, 4.69) is 52.3 Å². The number of benzene rings is 3. The number of ether oxygens (including phenoxy) is 2. The third-order valence-electron chi connectivity index (χ3n) is 7.33. The molecule has 1 saturated heterocycles. The summed E-state index contributed by atoms with van der Waals surface area (Å²) in [6.45, 7) is 1.40. The molecule has 0 spiro atoms. The molecule has 0 bridgehead atoms. The molecule has 3 aromatic carbocycles. The molecule has 3 aliphatic heterocycles. The van der Waals surface area contributed by atoms with E-state index in [9.17, 15) is 9.59 Å². The van der Waals surface area contributed by atoms with Crippen molar-refractivity contribution in [2.24, 2.45) is 0 Å². The van der Waals surface area contributed by atoms with Gasteiger partial charge in [0.25, 0.3) is 5.91 Å². The third-order valence-corrected chi connectivity index (χ3v) is 7.33. The first-order valence-electron chi connectivity index (χ1n) is 11.8. The maximum absolute atomic E-state index is 13.6. The van der Waals surface area contributed by atoms with Crippen LogP contribution < -0.4 is 14.4 Å². The second-order valence-electron chi connectivity index (χ2n) is 9.28. The molecule has 1 N–H and O–H groups in total. The van der Waals surface area contributed by atoms with E-state index in [0.717, 1.165) is 11.2 Å². The highest BCUT2D eigenvalue weighted by atomic mass is 16.7. The van der Waals surface area contributed by atoms with Crippen LogP contribution in [0.2, 0.25) is 0 Å². The van der Waals surface area contributed by atoms with Crippen molar-refractivity contribution in [3.05, 3.63) is 89.6 Å². The van der Waals surface area contributed by atoms with Gasteiger partial charge in [-0.05, 0) is 29.3 Å². The fraction of sp³-hybridized carbons (Fsp3) is 0.214. The minimum atomic E-state index is -0.515. The Labute approximate surface area is 201 Å². The number of hydrogen-bond acceptors (Lipinski definition) is 5. The fourth-order valence-corrected chi connectivity index (χ4v) is 5.73. The van der Waals surface area contributed by atoms with Gasteiger partial charge in [0, 0.05) is 41.7 Å². The van der Waals surface area contributed by atoms with Crippen LogP contribution in [0.25, 0.3) is 10.9 Å². The average molecular weight is 466 g/mol. The van der Waals surface area contributed by atoms with Crippen LogP contribution in [-0.2, 0) is 16.1 Å². The van der Waals surface area contributed by atoms with Crippen molar-refractivity contribution in [2.75, 3.05) is 18.2 Å². The molecule has 35 heavy (non-hydrogen) atoms. The Morgan fingerprint density at radius 1 is 0.886 bits per heavy atom. The molecule has 7 rings (SSSR count). The minimum Gasteiger partial charge on any atom is -0.454 e. The number of hydrogen-bond donors (Lipinski definition) is 1. The number of anilines is 1. The number of amides is 2. The monoisotopic (exact) mass is 465 g/mol. The van der Waals surface area contributed by atoms with Crippen LogP contribution in [0.3, 0.4) is 0 Å². The number of para-hydroxylation sites is 1. The van der Waals surface area contributed by atoms with E-state index in [-0.39, 0.29) is 30.9 Å². The van der Waals surface area contributed by atoms with Crippen LogP contribution in [-0.4, -0.2) is 41.1 Å². The van der Waals surface area contributed by atoms with Gasteiger partial charge in [-0.3, -0.25) is 14.5 Å². The highest BCUT2D eigenvalue weighted by Crippen LogP contribution is 2.41. The van der Waals surface area contributed by atoms with E-state index in [4.69, 9.17) is 9.47 Å². The van der Waals surface area contributed by atoms with E-state index < -0.39 is 6.04 Å². The van der Waals surface area contributed by atoms with Gasteiger partial charge >= 0.3 is 0 Å². The van der Waals surface area contributed by atoms with Crippen molar-refractivity contribution in [2.45, 2.75) is 24.9 Å². The van der Waals surface area contributed by atoms with Crippen molar-refractivity contribution in [3.8, 4) is 11.5 Å². The van der Waals surface area contributed by atoms with Crippen molar-refractivity contribution in [1.29, 1.82) is 0 Å². The van der Waals surface area contributed by atoms with Gasteiger partial charge in [0.15, 0.2) is 11.5 Å². The van der Waals surface area contributed by atoms with Gasteiger partial charge in [0.05, 0.1) is 18.2 Å². The molecule has 4 heterocycles. The van der Waals surface area contributed by atoms with Crippen LogP contribution in [0.4, 0.5) is 5.69 Å². The number of fused-ring (bicyclic) bond motifs is 4. The Hall–Kier alpha value is -4.10. The summed E-state index contributed by atoms with van der Waals surface area (Å²) in [5.74, 6) is 0.880. The molecule has 7 nitrogen and oxygen atoms in total. The quantitative estimate of drug-likeness (QED) is 0.460. The number of rotatable bonds is 3. The molecular weight excluding hydrogens is 442 g/mol. The molecule has 2 amide bonds. The zero-order valence-corrected chi connectivity index (χ0v) is 18.9. The standard InChI is InChI=1S/C28H23N3O4/c32-26-13-23(28(33)31(26)18-10-11-24-25(12-18)35-16-34-24)30-14-20(17-6-2-1-3-7-17)27-19-8-4-5-9-21(19)29-22(27)15-30/h1-12,20,23,29H,13-16H2/t20-,23-/m0/s1. The lowest BCUT2D eigenvalue weighted by atomic mass is 9.85. The molecule has 0 aliphatic carbocycles. The predicted octanol–water partition coefficient (Wildman–Crippen LogP) is 4.18. The summed E-state index contributed by atoms with van der Waals surface area (Å²) in [5.41, 5.74) is 5.21. The second-order valence-corrected chi connectivity index (χ2v) is 9.28. The average Bonchev–Trinajstić information content (AvgIpc) is 3.58. The number of nitrogens with zero attached hydrogens (tertiary/aromatic N) is 2. The maximum atomic E-state index is 13.6. The van der Waals surface area contributed by atoms with Crippen LogP contribution in [0.1, 0.15) is 29.2 Å². The molecule has 0 saturated carbocycles. The lowest BCUT2D eigenvalue weighted by Gasteiger charge is -2.36. The molecule has 1 fully saturated rings. The van der Waals surface area contributed by atoms with Gasteiger partial charge in [-0.15, -0.1) is 0 Å². The summed E-state index contributed by atoms with van der Waals surface area (Å²) in [6.07, 6.45) is 0.157. The van der Waals surface area contributed by atoms with E-state index >= 15 is 0 Å². The highest BCUT2D eigenvalue weighted by Gasteiger charge is 2.45. The SMILES string of the molecule is O=C1C[C@H](N2Cc3[nH]c4ccccc4c3[C@H](c3ccccc3)C2)C(=O)N1c1ccc2c(c1)OCO2. The summed E-state index contributed by atoms with van der Waals surface area (Å²) >= 11 is 0. The van der Waals surface area contributed by atoms with Crippen molar-refractivity contribution in [3.63, 3.8) is 0 Å². The van der Waals surface area contributed by atoms with Crippen molar-refractivity contribution in [1.82, 2.24) is 9.88 Å². The molecule has 1 aromatic heterocycles. The Balaban J connectivity index is 1.25. The van der Waals surface area contributed by atoms with E-state index in [1.165, 1.54) is 21.4 Å².